The predicted molar refractivity (Wildman–Crippen MR) is 242 cm³/mol. The Morgan fingerprint density at radius 1 is 1.00 bits per heavy atom. The monoisotopic (exact) mass is 869 g/mol. The molecule has 11 heteroatoms. The standard InChI is InChI=1S/C49H73Cl2N3O6/c1-13-35(60-40(57)29-45(5,6)44(58)59)21-22-46(7)32(4)20-23-48(9)39(46)19-18-36-42-41(31(2)3)38(56)28-49(42,25-24-47(36,48)8)43(37(51)30-55)54(27-26-52(10)11)53(12)34-16-14-33(50)15-17-34/h14-17,30-32,35-36,39H,13,18-29H2,1-12H3,(H,58,59)/b43-37+/t32?,35?,36?,39?,46?,47-,48?,49?/m1/s1. The summed E-state index contributed by atoms with van der Waals surface area (Å²) in [4.78, 5) is 54.6. The second kappa shape index (κ2) is 18.1. The summed E-state index contributed by atoms with van der Waals surface area (Å²) < 4.78 is 5.98. The van der Waals surface area contributed by atoms with Crippen molar-refractivity contribution in [2.24, 2.45) is 50.7 Å². The van der Waals surface area contributed by atoms with Gasteiger partial charge < -0.3 is 14.7 Å². The summed E-state index contributed by atoms with van der Waals surface area (Å²) in [5, 5.41) is 14.6. The van der Waals surface area contributed by atoms with Crippen molar-refractivity contribution in [3.8, 4) is 0 Å². The van der Waals surface area contributed by atoms with Gasteiger partial charge in [0.05, 0.1) is 29.8 Å². The van der Waals surface area contributed by atoms with Crippen LogP contribution in [0.5, 0.6) is 0 Å². The molecule has 0 amide bonds. The Labute approximate surface area is 370 Å². The SMILES string of the molecule is CCC(CCC1(C)C(C)CCC2(C)C1CCC1C3=C(C(C)C)C(=O)CC3(/C(=C(\Cl)C=O)N(CCN(C)C)N(C)c3ccc(Cl)cc3)CC[C@]12C)OC(=O)CC(C)(C)C(=O)O. The number of carboxylic acid groups (broad SMARTS) is 1. The number of hydrazine groups is 1. The third-order valence-corrected chi connectivity index (χ3v) is 17.0. The quantitative estimate of drug-likeness (QED) is 0.0708. The van der Waals surface area contributed by atoms with Crippen molar-refractivity contribution >= 4 is 52.9 Å². The zero-order valence-electron chi connectivity index (χ0n) is 38.6. The lowest BCUT2D eigenvalue weighted by molar-refractivity contribution is -0.186. The smallest absolute Gasteiger partial charge is 0.309 e. The number of carbonyl (C=O) groups excluding carboxylic acids is 3. The summed E-state index contributed by atoms with van der Waals surface area (Å²) in [6.07, 6.45) is 8.66. The number of allylic oxidation sites excluding steroid dienone is 3. The molecule has 1 aromatic carbocycles. The van der Waals surface area contributed by atoms with Crippen LogP contribution in [0.25, 0.3) is 0 Å². The minimum absolute atomic E-state index is 0.00846. The van der Waals surface area contributed by atoms with Crippen LogP contribution in [-0.2, 0) is 23.9 Å². The number of Topliss-reactive ketones (excluding diaryl/α,β-unsaturated/α-hetero) is 1. The molecule has 4 aliphatic rings. The number of carboxylic acids is 1. The molecule has 334 valence electrons. The average Bonchev–Trinajstić information content (AvgIpc) is 3.49. The van der Waals surface area contributed by atoms with Gasteiger partial charge in [0.25, 0.3) is 0 Å². The van der Waals surface area contributed by atoms with Crippen molar-refractivity contribution in [2.45, 2.75) is 139 Å². The van der Waals surface area contributed by atoms with Crippen LogP contribution in [0.3, 0.4) is 0 Å². The van der Waals surface area contributed by atoms with Gasteiger partial charge in [-0.15, -0.1) is 0 Å². The Balaban J connectivity index is 1.56. The van der Waals surface area contributed by atoms with Gasteiger partial charge in [0.2, 0.25) is 0 Å². The first-order chi connectivity index (χ1) is 27.9. The number of ketones is 1. The van der Waals surface area contributed by atoms with E-state index in [2.05, 4.69) is 56.5 Å². The highest BCUT2D eigenvalue weighted by molar-refractivity contribution is 6.39. The summed E-state index contributed by atoms with van der Waals surface area (Å²) in [5.74, 6) is -0.298. The number of anilines is 1. The van der Waals surface area contributed by atoms with E-state index in [0.717, 1.165) is 68.2 Å². The number of hydrogen-bond acceptors (Lipinski definition) is 8. The Kier molecular flexibility index (Phi) is 14.5. The zero-order valence-corrected chi connectivity index (χ0v) is 40.1. The summed E-state index contributed by atoms with van der Waals surface area (Å²) in [6.45, 7) is 20.6. The summed E-state index contributed by atoms with van der Waals surface area (Å²) >= 11 is 13.6. The largest absolute Gasteiger partial charge is 0.481 e. The number of ether oxygens (including phenoxy) is 1. The summed E-state index contributed by atoms with van der Waals surface area (Å²) in [6, 6.07) is 7.67. The van der Waals surface area contributed by atoms with Crippen LogP contribution in [-0.4, -0.2) is 79.4 Å². The topological polar surface area (TPSA) is 107 Å². The molecule has 7 unspecified atom stereocenters. The fraction of sp³-hybridized carbons (Fsp3) is 0.714. The molecule has 0 saturated heterocycles. The van der Waals surface area contributed by atoms with E-state index in [1.807, 2.05) is 52.3 Å². The molecular formula is C49H73Cl2N3O6. The molecule has 8 atom stereocenters. The molecule has 1 aromatic rings. The van der Waals surface area contributed by atoms with E-state index in [9.17, 15) is 24.3 Å². The highest BCUT2D eigenvalue weighted by Gasteiger charge is 2.68. The first-order valence-corrected chi connectivity index (χ1v) is 23.2. The fourth-order valence-electron chi connectivity index (χ4n) is 12.5. The Morgan fingerprint density at radius 3 is 2.22 bits per heavy atom. The second-order valence-electron chi connectivity index (χ2n) is 20.8. The second-order valence-corrected chi connectivity index (χ2v) is 21.6. The number of carbonyl (C=O) groups is 4. The van der Waals surface area contributed by atoms with E-state index in [4.69, 9.17) is 27.9 Å². The highest BCUT2D eigenvalue weighted by Crippen LogP contribution is 2.76. The number of aldehydes is 1. The van der Waals surface area contributed by atoms with E-state index in [1.165, 1.54) is 5.57 Å². The van der Waals surface area contributed by atoms with Crippen molar-refractivity contribution < 1.29 is 29.0 Å². The lowest BCUT2D eigenvalue weighted by Crippen LogP contribution is -2.62. The van der Waals surface area contributed by atoms with Crippen LogP contribution < -0.4 is 5.01 Å². The lowest BCUT2D eigenvalue weighted by Gasteiger charge is -2.70. The van der Waals surface area contributed by atoms with Gasteiger partial charge in [-0.05, 0) is 161 Å². The molecule has 0 heterocycles. The maximum absolute atomic E-state index is 14.7. The molecule has 3 saturated carbocycles. The van der Waals surface area contributed by atoms with Crippen LogP contribution in [0.15, 0.2) is 46.1 Å². The first-order valence-electron chi connectivity index (χ1n) is 22.4. The molecule has 9 nitrogen and oxygen atoms in total. The number of rotatable bonds is 17. The predicted octanol–water partition coefficient (Wildman–Crippen LogP) is 11.0. The number of likely N-dealkylation sites (N-methyl/N-ethyl adjacent to an activating group) is 1. The van der Waals surface area contributed by atoms with Crippen LogP contribution >= 0.6 is 23.2 Å². The molecule has 0 radical (unpaired) electrons. The molecule has 0 aromatic heterocycles. The van der Waals surface area contributed by atoms with E-state index in [1.54, 1.807) is 13.8 Å². The lowest BCUT2D eigenvalue weighted by atomic mass is 9.35. The maximum atomic E-state index is 14.7. The van der Waals surface area contributed by atoms with Gasteiger partial charge in [-0.3, -0.25) is 29.2 Å². The number of benzene rings is 1. The van der Waals surface area contributed by atoms with Crippen molar-refractivity contribution in [1.82, 2.24) is 9.91 Å². The molecule has 0 spiro atoms. The molecule has 0 bridgehead atoms. The van der Waals surface area contributed by atoms with Gasteiger partial charge in [0.15, 0.2) is 12.1 Å². The maximum Gasteiger partial charge on any atom is 0.309 e. The number of fused-ring (bicyclic) bond motifs is 5. The Hall–Kier alpha value is -2.88. The van der Waals surface area contributed by atoms with Crippen molar-refractivity contribution in [3.63, 3.8) is 0 Å². The molecule has 0 aliphatic heterocycles. The number of esters is 1. The third-order valence-electron chi connectivity index (χ3n) is 16.5. The number of nitrogens with zero attached hydrogens (tertiary/aromatic N) is 3. The molecule has 5 rings (SSSR count). The van der Waals surface area contributed by atoms with Gasteiger partial charge in [-0.25, -0.2) is 0 Å². The number of hydrogen-bond donors (Lipinski definition) is 1. The molecular weight excluding hydrogens is 797 g/mol. The van der Waals surface area contributed by atoms with Crippen LogP contribution in [0.1, 0.15) is 133 Å². The van der Waals surface area contributed by atoms with Gasteiger partial charge in [-0.1, -0.05) is 71.7 Å². The summed E-state index contributed by atoms with van der Waals surface area (Å²) in [7, 11) is 6.07. The van der Waals surface area contributed by atoms with Gasteiger partial charge in [0.1, 0.15) is 11.1 Å². The van der Waals surface area contributed by atoms with Gasteiger partial charge in [0, 0.05) is 30.5 Å². The van der Waals surface area contributed by atoms with Crippen LogP contribution in [0, 0.1) is 50.7 Å². The van der Waals surface area contributed by atoms with Crippen molar-refractivity contribution in [2.75, 3.05) is 39.2 Å². The molecule has 3 fully saturated rings. The van der Waals surface area contributed by atoms with E-state index < -0.39 is 22.8 Å². The van der Waals surface area contributed by atoms with Gasteiger partial charge in [-0.2, -0.15) is 0 Å². The van der Waals surface area contributed by atoms with Crippen LogP contribution in [0.2, 0.25) is 5.02 Å². The summed E-state index contributed by atoms with van der Waals surface area (Å²) in [5.41, 5.74) is 1.64. The molecule has 1 N–H and O–H groups in total. The van der Waals surface area contributed by atoms with Gasteiger partial charge >= 0.3 is 11.9 Å². The van der Waals surface area contributed by atoms with E-state index in [-0.39, 0.29) is 51.4 Å². The van der Waals surface area contributed by atoms with E-state index >= 15 is 0 Å². The minimum atomic E-state index is -1.19. The van der Waals surface area contributed by atoms with Crippen molar-refractivity contribution in [1.29, 1.82) is 0 Å². The molecule has 4 aliphatic carbocycles. The first kappa shape index (κ1) is 48.2. The third kappa shape index (κ3) is 8.59. The average molecular weight is 871 g/mol. The number of halogens is 2. The highest BCUT2D eigenvalue weighted by atomic mass is 35.5. The van der Waals surface area contributed by atoms with Crippen LogP contribution in [0.4, 0.5) is 5.69 Å². The van der Waals surface area contributed by atoms with Crippen molar-refractivity contribution in [3.05, 3.63) is 51.2 Å². The Morgan fingerprint density at radius 2 is 1.65 bits per heavy atom. The molecule has 60 heavy (non-hydrogen) atoms. The Bertz CT molecular complexity index is 1860. The fourth-order valence-corrected chi connectivity index (χ4v) is 12.9. The normalized spacial score (nSPS) is 31.3. The van der Waals surface area contributed by atoms with E-state index in [0.29, 0.717) is 49.2 Å². The minimum Gasteiger partial charge on any atom is -0.481 e. The zero-order chi connectivity index (χ0) is 44.7. The number of aliphatic carboxylic acids is 1.